The van der Waals surface area contributed by atoms with E-state index in [-0.39, 0.29) is 0 Å². The number of nitrogens with one attached hydrogen (secondary N) is 1. The molecule has 1 N–H and O–H groups in total. The van der Waals surface area contributed by atoms with E-state index < -0.39 is 0 Å². The van der Waals surface area contributed by atoms with Gasteiger partial charge in [0.15, 0.2) is 5.82 Å². The molecule has 0 saturated heterocycles. The lowest BCUT2D eigenvalue weighted by Gasteiger charge is -2.07. The van der Waals surface area contributed by atoms with Gasteiger partial charge in [-0.25, -0.2) is 9.97 Å². The molecule has 4 heteroatoms. The topological polar surface area (TPSA) is 50.7 Å². The molecule has 4 nitrogen and oxygen atoms in total. The van der Waals surface area contributed by atoms with Crippen molar-refractivity contribution in [1.29, 1.82) is 0 Å². The standard InChI is InChI=1S/C14H16N4/c1-3-11-10-7-15-8-13(10)18-14(17-11)12-6-9(2)4-5-16-12/h4-6,15H,3,7-8H2,1-2H3. The first kappa shape index (κ1) is 11.3. The Balaban J connectivity index is 2.13. The fourth-order valence-corrected chi connectivity index (χ4v) is 2.30. The molecule has 0 aliphatic carbocycles. The summed E-state index contributed by atoms with van der Waals surface area (Å²) in [6.07, 6.45) is 2.75. The maximum absolute atomic E-state index is 4.66. The summed E-state index contributed by atoms with van der Waals surface area (Å²) in [6, 6.07) is 4.02. The Morgan fingerprint density at radius 3 is 2.94 bits per heavy atom. The van der Waals surface area contributed by atoms with Crippen LogP contribution in [0.2, 0.25) is 0 Å². The zero-order valence-electron chi connectivity index (χ0n) is 10.7. The summed E-state index contributed by atoms with van der Waals surface area (Å²) < 4.78 is 0. The summed E-state index contributed by atoms with van der Waals surface area (Å²) in [5, 5.41) is 3.33. The second-order valence-electron chi connectivity index (χ2n) is 4.59. The van der Waals surface area contributed by atoms with Crippen molar-refractivity contribution in [1.82, 2.24) is 20.3 Å². The van der Waals surface area contributed by atoms with E-state index in [1.807, 2.05) is 18.3 Å². The van der Waals surface area contributed by atoms with Crippen LogP contribution in [0.15, 0.2) is 18.3 Å². The van der Waals surface area contributed by atoms with E-state index in [9.17, 15) is 0 Å². The summed E-state index contributed by atoms with van der Waals surface area (Å²) in [5.41, 5.74) is 5.58. The van der Waals surface area contributed by atoms with Gasteiger partial charge in [-0.3, -0.25) is 4.98 Å². The van der Waals surface area contributed by atoms with Crippen LogP contribution >= 0.6 is 0 Å². The highest BCUT2D eigenvalue weighted by Crippen LogP contribution is 2.21. The van der Waals surface area contributed by atoms with E-state index in [0.29, 0.717) is 0 Å². The predicted molar refractivity (Wildman–Crippen MR) is 69.9 cm³/mol. The lowest BCUT2D eigenvalue weighted by molar-refractivity contribution is 0.755. The zero-order chi connectivity index (χ0) is 12.5. The van der Waals surface area contributed by atoms with Crippen molar-refractivity contribution in [2.75, 3.05) is 0 Å². The molecular formula is C14H16N4. The number of pyridine rings is 1. The molecule has 3 rings (SSSR count). The molecule has 2 aromatic heterocycles. The average molecular weight is 240 g/mol. The van der Waals surface area contributed by atoms with Crippen molar-refractivity contribution in [3.63, 3.8) is 0 Å². The van der Waals surface area contributed by atoms with Gasteiger partial charge in [0.05, 0.1) is 5.69 Å². The number of aromatic nitrogens is 3. The highest BCUT2D eigenvalue weighted by atomic mass is 15.0. The van der Waals surface area contributed by atoms with Gasteiger partial charge >= 0.3 is 0 Å². The second-order valence-corrected chi connectivity index (χ2v) is 4.59. The SMILES string of the molecule is CCc1nc(-c2cc(C)ccn2)nc2c1CNC2. The van der Waals surface area contributed by atoms with Gasteiger partial charge < -0.3 is 5.32 Å². The van der Waals surface area contributed by atoms with E-state index in [0.717, 1.165) is 42.4 Å². The van der Waals surface area contributed by atoms with Gasteiger partial charge in [0.1, 0.15) is 5.69 Å². The molecule has 0 bridgehead atoms. The van der Waals surface area contributed by atoms with Gasteiger partial charge in [-0.1, -0.05) is 6.92 Å². The molecule has 1 aliphatic heterocycles. The fraction of sp³-hybridized carbons (Fsp3) is 0.357. The first-order valence-electron chi connectivity index (χ1n) is 6.30. The molecular weight excluding hydrogens is 224 g/mol. The van der Waals surface area contributed by atoms with Crippen LogP contribution in [0, 0.1) is 6.92 Å². The first-order chi connectivity index (χ1) is 8.78. The highest BCUT2D eigenvalue weighted by Gasteiger charge is 2.18. The smallest absolute Gasteiger partial charge is 0.178 e. The van der Waals surface area contributed by atoms with E-state index in [1.54, 1.807) is 0 Å². The monoisotopic (exact) mass is 240 g/mol. The molecule has 0 atom stereocenters. The third-order valence-corrected chi connectivity index (χ3v) is 3.25. The van der Waals surface area contributed by atoms with E-state index >= 15 is 0 Å². The largest absolute Gasteiger partial charge is 0.307 e. The number of rotatable bonds is 2. The van der Waals surface area contributed by atoms with Gasteiger partial charge in [-0.15, -0.1) is 0 Å². The quantitative estimate of drug-likeness (QED) is 0.872. The van der Waals surface area contributed by atoms with E-state index in [1.165, 1.54) is 11.1 Å². The van der Waals surface area contributed by atoms with Crippen LogP contribution < -0.4 is 5.32 Å². The third-order valence-electron chi connectivity index (χ3n) is 3.25. The minimum Gasteiger partial charge on any atom is -0.307 e. The van der Waals surface area contributed by atoms with Crippen molar-refractivity contribution in [3.8, 4) is 11.5 Å². The van der Waals surface area contributed by atoms with E-state index in [4.69, 9.17) is 0 Å². The van der Waals surface area contributed by atoms with Crippen LogP contribution in [-0.2, 0) is 19.5 Å². The molecule has 2 aromatic rings. The van der Waals surface area contributed by atoms with Crippen LogP contribution in [0.3, 0.4) is 0 Å². The molecule has 0 saturated carbocycles. The lowest BCUT2D eigenvalue weighted by Crippen LogP contribution is -2.03. The third kappa shape index (κ3) is 1.88. The molecule has 0 amide bonds. The number of hydrogen-bond acceptors (Lipinski definition) is 4. The van der Waals surface area contributed by atoms with Crippen LogP contribution in [0.1, 0.15) is 29.4 Å². The summed E-state index contributed by atoms with van der Waals surface area (Å²) in [7, 11) is 0. The zero-order valence-corrected chi connectivity index (χ0v) is 10.7. The van der Waals surface area contributed by atoms with Crippen molar-refractivity contribution in [3.05, 3.63) is 40.8 Å². The van der Waals surface area contributed by atoms with Gasteiger partial charge in [0.25, 0.3) is 0 Å². The maximum Gasteiger partial charge on any atom is 0.178 e. The van der Waals surface area contributed by atoms with Crippen molar-refractivity contribution < 1.29 is 0 Å². The number of fused-ring (bicyclic) bond motifs is 1. The van der Waals surface area contributed by atoms with Crippen LogP contribution in [0.25, 0.3) is 11.5 Å². The summed E-state index contributed by atoms with van der Waals surface area (Å²) in [5.74, 6) is 0.748. The Kier molecular flexibility index (Phi) is 2.80. The van der Waals surface area contributed by atoms with E-state index in [2.05, 4.69) is 34.1 Å². The summed E-state index contributed by atoms with van der Waals surface area (Å²) in [4.78, 5) is 13.7. The lowest BCUT2D eigenvalue weighted by atomic mass is 10.1. The summed E-state index contributed by atoms with van der Waals surface area (Å²) in [6.45, 7) is 5.92. The molecule has 0 spiro atoms. The molecule has 18 heavy (non-hydrogen) atoms. The molecule has 3 heterocycles. The van der Waals surface area contributed by atoms with Crippen molar-refractivity contribution in [2.24, 2.45) is 0 Å². The minimum absolute atomic E-state index is 0.748. The van der Waals surface area contributed by atoms with Gasteiger partial charge in [-0.2, -0.15) is 0 Å². The second kappa shape index (κ2) is 4.46. The average Bonchev–Trinajstić information content (AvgIpc) is 2.85. The minimum atomic E-state index is 0.748. The Morgan fingerprint density at radius 2 is 2.17 bits per heavy atom. The molecule has 0 unspecified atom stereocenters. The molecule has 0 fully saturated rings. The Hall–Kier alpha value is -1.81. The van der Waals surface area contributed by atoms with Crippen LogP contribution in [0.4, 0.5) is 0 Å². The molecule has 1 aliphatic rings. The number of nitrogens with zero attached hydrogens (tertiary/aromatic N) is 3. The number of hydrogen-bond donors (Lipinski definition) is 1. The maximum atomic E-state index is 4.66. The molecule has 92 valence electrons. The highest BCUT2D eigenvalue weighted by molar-refractivity contribution is 5.52. The molecule has 0 aromatic carbocycles. The van der Waals surface area contributed by atoms with Crippen molar-refractivity contribution in [2.45, 2.75) is 33.4 Å². The Bertz CT molecular complexity index is 592. The van der Waals surface area contributed by atoms with Crippen LogP contribution in [-0.4, -0.2) is 15.0 Å². The van der Waals surface area contributed by atoms with Crippen molar-refractivity contribution >= 4 is 0 Å². The molecule has 0 radical (unpaired) electrons. The number of aryl methyl sites for hydroxylation is 2. The normalized spacial score (nSPS) is 13.7. The Labute approximate surface area is 107 Å². The van der Waals surface area contributed by atoms with Crippen LogP contribution in [0.5, 0.6) is 0 Å². The summed E-state index contributed by atoms with van der Waals surface area (Å²) >= 11 is 0. The first-order valence-corrected chi connectivity index (χ1v) is 6.30. The van der Waals surface area contributed by atoms with Gasteiger partial charge in [0.2, 0.25) is 0 Å². The fourth-order valence-electron chi connectivity index (χ4n) is 2.30. The Morgan fingerprint density at radius 1 is 1.28 bits per heavy atom. The predicted octanol–water partition coefficient (Wildman–Crippen LogP) is 2.01. The van der Waals surface area contributed by atoms with Gasteiger partial charge in [-0.05, 0) is 31.0 Å². The van der Waals surface area contributed by atoms with Gasteiger partial charge in [0, 0.05) is 30.5 Å².